The molecule has 2 amide bonds. The molecule has 0 fully saturated rings. The van der Waals surface area contributed by atoms with Crippen LogP contribution in [-0.2, 0) is 11.2 Å². The molecule has 0 aliphatic heterocycles. The molecule has 0 saturated heterocycles. The van der Waals surface area contributed by atoms with Crippen molar-refractivity contribution < 1.29 is 9.59 Å². The van der Waals surface area contributed by atoms with Gasteiger partial charge in [-0.2, -0.15) is 0 Å². The summed E-state index contributed by atoms with van der Waals surface area (Å²) in [4.78, 5) is 23.7. The molecule has 0 unspecified atom stereocenters. The standard InChI is InChI=1S/C19H22ClN3O2.ClH/c20-16-7-5-15(6-8-16)19(25)23-12-1-2-18(24)22-13-11-14-3-9-17(21)10-4-14;/h3-10H,1-2,11-13,21H2,(H,22,24)(H,23,25);1H. The van der Waals surface area contributed by atoms with Gasteiger partial charge in [-0.05, 0) is 54.8 Å². The number of halogens is 2. The molecule has 0 aliphatic rings. The lowest BCUT2D eigenvalue weighted by atomic mass is 10.1. The van der Waals surface area contributed by atoms with E-state index in [9.17, 15) is 9.59 Å². The van der Waals surface area contributed by atoms with Crippen molar-refractivity contribution in [2.75, 3.05) is 18.8 Å². The van der Waals surface area contributed by atoms with Crippen molar-refractivity contribution in [3.63, 3.8) is 0 Å². The largest absolute Gasteiger partial charge is 0.399 e. The van der Waals surface area contributed by atoms with Crippen LogP contribution in [0.15, 0.2) is 48.5 Å². The maximum Gasteiger partial charge on any atom is 0.251 e. The predicted molar refractivity (Wildman–Crippen MR) is 108 cm³/mol. The Bertz CT molecular complexity index is 704. The highest BCUT2D eigenvalue weighted by molar-refractivity contribution is 6.30. The summed E-state index contributed by atoms with van der Waals surface area (Å²) >= 11 is 5.78. The molecule has 0 spiro atoms. The Morgan fingerprint density at radius 2 is 1.58 bits per heavy atom. The molecule has 26 heavy (non-hydrogen) atoms. The lowest BCUT2D eigenvalue weighted by Gasteiger charge is -2.07. The number of hydrogen-bond donors (Lipinski definition) is 3. The first-order chi connectivity index (χ1) is 12.0. The lowest BCUT2D eigenvalue weighted by Crippen LogP contribution is -2.28. The Balaban J connectivity index is 0.00000338. The van der Waals surface area contributed by atoms with Gasteiger partial charge in [0.05, 0.1) is 0 Å². The molecule has 2 rings (SSSR count). The van der Waals surface area contributed by atoms with E-state index in [1.165, 1.54) is 0 Å². The van der Waals surface area contributed by atoms with Crippen LogP contribution in [0.5, 0.6) is 0 Å². The third-order valence-corrected chi connectivity index (χ3v) is 3.94. The SMILES string of the molecule is Cl.Nc1ccc(CCNC(=O)CCCNC(=O)c2ccc(Cl)cc2)cc1. The molecular weight excluding hydrogens is 373 g/mol. The molecule has 0 heterocycles. The summed E-state index contributed by atoms with van der Waals surface area (Å²) < 4.78 is 0. The summed E-state index contributed by atoms with van der Waals surface area (Å²) in [6.45, 7) is 1.03. The molecule has 0 aliphatic carbocycles. The van der Waals surface area contributed by atoms with Crippen LogP contribution in [0, 0.1) is 0 Å². The fourth-order valence-corrected chi connectivity index (χ4v) is 2.40. The highest BCUT2D eigenvalue weighted by Crippen LogP contribution is 2.09. The molecule has 4 N–H and O–H groups in total. The highest BCUT2D eigenvalue weighted by Gasteiger charge is 2.05. The molecular formula is C19H23Cl2N3O2. The number of benzene rings is 2. The molecule has 0 saturated carbocycles. The van der Waals surface area contributed by atoms with Crippen molar-refractivity contribution in [2.45, 2.75) is 19.3 Å². The quantitative estimate of drug-likeness (QED) is 0.473. The fraction of sp³-hybridized carbons (Fsp3) is 0.263. The van der Waals surface area contributed by atoms with E-state index in [2.05, 4.69) is 10.6 Å². The molecule has 0 aromatic heterocycles. The smallest absolute Gasteiger partial charge is 0.251 e. The fourth-order valence-electron chi connectivity index (χ4n) is 2.27. The number of amides is 2. The number of rotatable bonds is 8. The van der Waals surface area contributed by atoms with Crippen molar-refractivity contribution in [3.05, 3.63) is 64.7 Å². The van der Waals surface area contributed by atoms with E-state index < -0.39 is 0 Å². The zero-order valence-electron chi connectivity index (χ0n) is 14.3. The second-order valence-corrected chi connectivity index (χ2v) is 6.14. The Morgan fingerprint density at radius 1 is 0.923 bits per heavy atom. The van der Waals surface area contributed by atoms with E-state index in [1.54, 1.807) is 24.3 Å². The molecule has 2 aromatic carbocycles. The van der Waals surface area contributed by atoms with E-state index in [1.807, 2.05) is 24.3 Å². The van der Waals surface area contributed by atoms with E-state index in [0.717, 1.165) is 17.7 Å². The summed E-state index contributed by atoms with van der Waals surface area (Å²) in [5.74, 6) is -0.184. The van der Waals surface area contributed by atoms with Gasteiger partial charge < -0.3 is 16.4 Å². The second-order valence-electron chi connectivity index (χ2n) is 5.71. The van der Waals surface area contributed by atoms with Gasteiger partial charge in [0, 0.05) is 35.8 Å². The number of nitrogens with one attached hydrogen (secondary N) is 2. The molecule has 140 valence electrons. The van der Waals surface area contributed by atoms with Gasteiger partial charge in [-0.25, -0.2) is 0 Å². The second kappa shape index (κ2) is 11.4. The van der Waals surface area contributed by atoms with Crippen LogP contribution in [-0.4, -0.2) is 24.9 Å². The Kier molecular flexibility index (Phi) is 9.55. The Labute approximate surface area is 164 Å². The molecule has 5 nitrogen and oxygen atoms in total. The van der Waals surface area contributed by atoms with E-state index in [-0.39, 0.29) is 24.2 Å². The molecule has 0 atom stereocenters. The van der Waals surface area contributed by atoms with Gasteiger partial charge in [0.15, 0.2) is 0 Å². The average Bonchev–Trinajstić information content (AvgIpc) is 2.61. The average molecular weight is 396 g/mol. The van der Waals surface area contributed by atoms with E-state index in [0.29, 0.717) is 36.5 Å². The first-order valence-electron chi connectivity index (χ1n) is 8.19. The summed E-state index contributed by atoms with van der Waals surface area (Å²) in [5.41, 5.74) is 8.04. The molecule has 2 aromatic rings. The van der Waals surface area contributed by atoms with Gasteiger partial charge in [0.25, 0.3) is 5.91 Å². The van der Waals surface area contributed by atoms with Crippen LogP contribution in [0.3, 0.4) is 0 Å². The number of carbonyl (C=O) groups is 2. The highest BCUT2D eigenvalue weighted by atomic mass is 35.5. The minimum atomic E-state index is -0.166. The van der Waals surface area contributed by atoms with Gasteiger partial charge in [0.1, 0.15) is 0 Å². The number of nitrogens with two attached hydrogens (primary N) is 1. The predicted octanol–water partition coefficient (Wildman–Crippen LogP) is 3.21. The Hall–Kier alpha value is -2.24. The van der Waals surface area contributed by atoms with Gasteiger partial charge in [0.2, 0.25) is 5.91 Å². The summed E-state index contributed by atoms with van der Waals surface area (Å²) in [7, 11) is 0. The van der Waals surface area contributed by atoms with Gasteiger partial charge >= 0.3 is 0 Å². The van der Waals surface area contributed by atoms with Gasteiger partial charge in [-0.1, -0.05) is 23.7 Å². The van der Waals surface area contributed by atoms with Crippen LogP contribution in [0.2, 0.25) is 5.02 Å². The van der Waals surface area contributed by atoms with Crippen molar-refractivity contribution >= 4 is 41.5 Å². The Morgan fingerprint density at radius 3 is 2.23 bits per heavy atom. The maximum atomic E-state index is 11.9. The molecule has 7 heteroatoms. The van der Waals surface area contributed by atoms with Crippen molar-refractivity contribution in [3.8, 4) is 0 Å². The maximum absolute atomic E-state index is 11.9. The van der Waals surface area contributed by atoms with Crippen LogP contribution in [0.1, 0.15) is 28.8 Å². The zero-order valence-corrected chi connectivity index (χ0v) is 15.9. The van der Waals surface area contributed by atoms with Crippen LogP contribution < -0.4 is 16.4 Å². The normalized spacial score (nSPS) is 9.88. The molecule has 0 radical (unpaired) electrons. The third kappa shape index (κ3) is 7.76. The van der Waals surface area contributed by atoms with Crippen molar-refractivity contribution in [1.29, 1.82) is 0 Å². The third-order valence-electron chi connectivity index (χ3n) is 3.69. The number of carbonyl (C=O) groups excluding carboxylic acids is 2. The molecule has 0 bridgehead atoms. The van der Waals surface area contributed by atoms with Crippen molar-refractivity contribution in [1.82, 2.24) is 10.6 Å². The zero-order chi connectivity index (χ0) is 18.1. The summed E-state index contributed by atoms with van der Waals surface area (Å²) in [6, 6.07) is 14.3. The van der Waals surface area contributed by atoms with E-state index >= 15 is 0 Å². The van der Waals surface area contributed by atoms with E-state index in [4.69, 9.17) is 17.3 Å². The van der Waals surface area contributed by atoms with Gasteiger partial charge in [-0.15, -0.1) is 12.4 Å². The number of anilines is 1. The first kappa shape index (κ1) is 21.8. The van der Waals surface area contributed by atoms with Crippen LogP contribution in [0.25, 0.3) is 0 Å². The van der Waals surface area contributed by atoms with Crippen LogP contribution in [0.4, 0.5) is 5.69 Å². The summed E-state index contributed by atoms with van der Waals surface area (Å²) in [6.07, 6.45) is 1.73. The van der Waals surface area contributed by atoms with Crippen LogP contribution >= 0.6 is 24.0 Å². The monoisotopic (exact) mass is 395 g/mol. The lowest BCUT2D eigenvalue weighted by molar-refractivity contribution is -0.121. The topological polar surface area (TPSA) is 84.2 Å². The van der Waals surface area contributed by atoms with Gasteiger partial charge in [-0.3, -0.25) is 9.59 Å². The first-order valence-corrected chi connectivity index (χ1v) is 8.57. The number of nitrogen functional groups attached to an aromatic ring is 1. The minimum Gasteiger partial charge on any atom is -0.399 e. The minimum absolute atomic E-state index is 0. The number of hydrogen-bond acceptors (Lipinski definition) is 3. The van der Waals surface area contributed by atoms with Crippen molar-refractivity contribution in [2.24, 2.45) is 0 Å². The summed E-state index contributed by atoms with van der Waals surface area (Å²) in [5, 5.41) is 6.25.